The Morgan fingerprint density at radius 1 is 1.08 bits per heavy atom. The second-order valence-corrected chi connectivity index (χ2v) is 7.57. The normalized spacial score (nSPS) is 12.7. The van der Waals surface area contributed by atoms with E-state index in [-0.39, 0.29) is 4.90 Å². The monoisotopic (exact) mass is 391 g/mol. The van der Waals surface area contributed by atoms with Crippen molar-refractivity contribution in [1.29, 1.82) is 0 Å². The molecule has 0 saturated carbocycles. The van der Waals surface area contributed by atoms with Crippen molar-refractivity contribution in [3.63, 3.8) is 0 Å². The number of sulfonamides is 1. The molecule has 26 heavy (non-hydrogen) atoms. The minimum absolute atomic E-state index is 0.0901. The van der Waals surface area contributed by atoms with Gasteiger partial charge in [0.15, 0.2) is 6.04 Å². The zero-order valence-corrected chi connectivity index (χ0v) is 14.9. The van der Waals surface area contributed by atoms with E-state index in [9.17, 15) is 18.3 Å². The second-order valence-electron chi connectivity index (χ2n) is 5.57. The van der Waals surface area contributed by atoms with Gasteiger partial charge in [-0.15, -0.1) is 0 Å². The number of aliphatic carboxylic acids is 1. The lowest BCUT2D eigenvalue weighted by Crippen LogP contribution is -2.21. The molecular weight excluding hydrogens is 378 g/mol. The van der Waals surface area contributed by atoms with Gasteiger partial charge in [0.05, 0.1) is 11.1 Å². The van der Waals surface area contributed by atoms with E-state index in [1.807, 2.05) is 0 Å². The highest BCUT2D eigenvalue weighted by Crippen LogP contribution is 2.25. The molecule has 3 N–H and O–H groups in total. The summed E-state index contributed by atoms with van der Waals surface area (Å²) in [5.41, 5.74) is 1.94. The van der Waals surface area contributed by atoms with Gasteiger partial charge in [0.1, 0.15) is 0 Å². The van der Waals surface area contributed by atoms with Gasteiger partial charge in [0.2, 0.25) is 10.0 Å². The summed E-state index contributed by atoms with van der Waals surface area (Å²) in [6, 6.07) is 11.3. The van der Waals surface area contributed by atoms with Gasteiger partial charge in [0, 0.05) is 16.8 Å². The molecule has 3 rings (SSSR count). The lowest BCUT2D eigenvalue weighted by Gasteiger charge is -2.13. The maximum atomic E-state index is 11.8. The van der Waals surface area contributed by atoms with E-state index in [1.54, 1.807) is 36.7 Å². The van der Waals surface area contributed by atoms with Crippen LogP contribution in [0.4, 0.5) is 0 Å². The van der Waals surface area contributed by atoms with E-state index in [2.05, 4.69) is 5.10 Å². The number of hydrogen-bond donors (Lipinski definition) is 2. The van der Waals surface area contributed by atoms with Crippen LogP contribution < -0.4 is 5.14 Å². The van der Waals surface area contributed by atoms with Gasteiger partial charge in [-0.05, 0) is 35.4 Å². The quantitative estimate of drug-likeness (QED) is 0.693. The molecule has 1 aromatic heterocycles. The molecule has 0 aliphatic heterocycles. The first kappa shape index (κ1) is 18.1. The Balaban J connectivity index is 1.96. The summed E-state index contributed by atoms with van der Waals surface area (Å²) in [6.45, 7) is 0. The number of nitrogens with two attached hydrogens (primary N) is 1. The molecule has 9 heteroatoms. The highest BCUT2D eigenvalue weighted by Gasteiger charge is 2.23. The number of benzene rings is 2. The molecule has 0 amide bonds. The number of nitrogens with zero attached hydrogens (tertiary/aromatic N) is 2. The van der Waals surface area contributed by atoms with Gasteiger partial charge in [-0.25, -0.2) is 18.4 Å². The summed E-state index contributed by atoms with van der Waals surface area (Å²) >= 11 is 5.87. The van der Waals surface area contributed by atoms with Crippen molar-refractivity contribution in [2.45, 2.75) is 10.9 Å². The molecular formula is C17H14ClN3O4S. The average molecular weight is 392 g/mol. The third-order valence-corrected chi connectivity index (χ3v) is 4.98. The van der Waals surface area contributed by atoms with Crippen LogP contribution in [0.25, 0.3) is 11.1 Å². The van der Waals surface area contributed by atoms with Crippen molar-refractivity contribution in [3.05, 3.63) is 71.5 Å². The Hall–Kier alpha value is -2.68. The molecule has 0 spiro atoms. The largest absolute Gasteiger partial charge is 0.479 e. The van der Waals surface area contributed by atoms with Crippen molar-refractivity contribution in [1.82, 2.24) is 9.78 Å². The van der Waals surface area contributed by atoms with E-state index in [0.29, 0.717) is 10.6 Å². The van der Waals surface area contributed by atoms with Crippen molar-refractivity contribution < 1.29 is 18.3 Å². The Kier molecular flexibility index (Phi) is 4.82. The summed E-state index contributed by atoms with van der Waals surface area (Å²) < 4.78 is 24.0. The van der Waals surface area contributed by atoms with Gasteiger partial charge >= 0.3 is 5.97 Å². The summed E-state index contributed by atoms with van der Waals surface area (Å²) in [7, 11) is -3.85. The standard InChI is InChI=1S/C17H14ClN3O4S/c18-14-5-1-11(2-6-14)13-9-20-21(10-13)16(17(22)23)12-3-7-15(8-4-12)26(19,24)25/h1-10,16H,(H,22,23)(H2,19,24,25). The summed E-state index contributed by atoms with van der Waals surface area (Å²) in [4.78, 5) is 11.7. The molecule has 0 radical (unpaired) electrons. The van der Waals surface area contributed by atoms with E-state index < -0.39 is 22.0 Å². The van der Waals surface area contributed by atoms with Crippen LogP contribution in [0.2, 0.25) is 5.02 Å². The molecule has 0 saturated heterocycles. The molecule has 134 valence electrons. The second kappa shape index (κ2) is 6.91. The van der Waals surface area contributed by atoms with Crippen LogP contribution in [0.15, 0.2) is 65.8 Å². The lowest BCUT2D eigenvalue weighted by molar-refractivity contribution is -0.139. The highest BCUT2D eigenvalue weighted by molar-refractivity contribution is 7.89. The zero-order valence-electron chi connectivity index (χ0n) is 13.3. The first-order valence-corrected chi connectivity index (χ1v) is 9.34. The van der Waals surface area contributed by atoms with Crippen LogP contribution in [0, 0.1) is 0 Å². The molecule has 7 nitrogen and oxygen atoms in total. The van der Waals surface area contributed by atoms with E-state index in [0.717, 1.165) is 11.1 Å². The molecule has 0 fully saturated rings. The maximum Gasteiger partial charge on any atom is 0.333 e. The molecule has 0 bridgehead atoms. The Labute approximate surface area is 154 Å². The summed E-state index contributed by atoms with van der Waals surface area (Å²) in [6.07, 6.45) is 3.16. The minimum Gasteiger partial charge on any atom is -0.479 e. The fraction of sp³-hybridized carbons (Fsp3) is 0.0588. The minimum atomic E-state index is -3.85. The number of carboxylic acid groups (broad SMARTS) is 1. The molecule has 1 atom stereocenters. The van der Waals surface area contributed by atoms with Crippen LogP contribution in [-0.4, -0.2) is 29.3 Å². The molecule has 1 unspecified atom stereocenters. The van der Waals surface area contributed by atoms with Crippen LogP contribution in [-0.2, 0) is 14.8 Å². The van der Waals surface area contributed by atoms with Crippen molar-refractivity contribution in [2.75, 3.05) is 0 Å². The Morgan fingerprint density at radius 3 is 2.23 bits per heavy atom. The number of halogens is 1. The van der Waals surface area contributed by atoms with Crippen molar-refractivity contribution >= 4 is 27.6 Å². The summed E-state index contributed by atoms with van der Waals surface area (Å²) in [5, 5.41) is 19.4. The Morgan fingerprint density at radius 2 is 1.69 bits per heavy atom. The smallest absolute Gasteiger partial charge is 0.333 e. The molecule has 0 aliphatic carbocycles. The van der Waals surface area contributed by atoms with Crippen molar-refractivity contribution in [3.8, 4) is 11.1 Å². The molecule has 2 aromatic carbocycles. The van der Waals surface area contributed by atoms with Gasteiger partial charge in [0.25, 0.3) is 0 Å². The lowest BCUT2D eigenvalue weighted by atomic mass is 10.1. The number of primary sulfonamides is 1. The van der Waals surface area contributed by atoms with Crippen LogP contribution in [0.5, 0.6) is 0 Å². The van der Waals surface area contributed by atoms with Gasteiger partial charge < -0.3 is 5.11 Å². The van der Waals surface area contributed by atoms with Gasteiger partial charge in [-0.3, -0.25) is 4.68 Å². The Bertz CT molecular complexity index is 1040. The zero-order chi connectivity index (χ0) is 18.9. The van der Waals surface area contributed by atoms with Crippen LogP contribution >= 0.6 is 11.6 Å². The maximum absolute atomic E-state index is 11.8. The first-order valence-electron chi connectivity index (χ1n) is 7.41. The summed E-state index contributed by atoms with van der Waals surface area (Å²) in [5.74, 6) is -1.13. The predicted octanol–water partition coefficient (Wildman–Crippen LogP) is 2.52. The average Bonchev–Trinajstić information content (AvgIpc) is 3.04. The molecule has 1 heterocycles. The van der Waals surface area contributed by atoms with Crippen LogP contribution in [0.1, 0.15) is 11.6 Å². The van der Waals surface area contributed by atoms with E-state index in [4.69, 9.17) is 16.7 Å². The first-order chi connectivity index (χ1) is 12.3. The number of aromatic nitrogens is 2. The number of rotatable bonds is 5. The van der Waals surface area contributed by atoms with Crippen molar-refractivity contribution in [2.24, 2.45) is 5.14 Å². The third kappa shape index (κ3) is 3.77. The number of hydrogen-bond acceptors (Lipinski definition) is 4. The van der Waals surface area contributed by atoms with Gasteiger partial charge in [-0.1, -0.05) is 35.9 Å². The number of carboxylic acids is 1. The highest BCUT2D eigenvalue weighted by atomic mass is 35.5. The third-order valence-electron chi connectivity index (χ3n) is 3.80. The molecule has 3 aromatic rings. The van der Waals surface area contributed by atoms with Crippen LogP contribution in [0.3, 0.4) is 0 Å². The fourth-order valence-electron chi connectivity index (χ4n) is 2.52. The number of carbonyl (C=O) groups is 1. The molecule has 0 aliphatic rings. The fourth-order valence-corrected chi connectivity index (χ4v) is 3.16. The SMILES string of the molecule is NS(=O)(=O)c1ccc(C(C(=O)O)n2cc(-c3ccc(Cl)cc3)cn2)cc1. The van der Waals surface area contributed by atoms with E-state index >= 15 is 0 Å². The van der Waals surface area contributed by atoms with E-state index in [1.165, 1.54) is 28.9 Å². The predicted molar refractivity (Wildman–Crippen MR) is 96.3 cm³/mol. The van der Waals surface area contributed by atoms with Gasteiger partial charge in [-0.2, -0.15) is 5.10 Å². The topological polar surface area (TPSA) is 115 Å².